The summed E-state index contributed by atoms with van der Waals surface area (Å²) in [4.78, 5) is 18.1. The van der Waals surface area contributed by atoms with Gasteiger partial charge in [0.15, 0.2) is 0 Å². The van der Waals surface area contributed by atoms with Crippen LogP contribution in [-0.4, -0.2) is 68.4 Å². The highest BCUT2D eigenvalue weighted by molar-refractivity contribution is 8.78. The average Bonchev–Trinajstić information content (AvgIpc) is 2.61. The van der Waals surface area contributed by atoms with Crippen LogP contribution in [0.5, 0.6) is 0 Å². The van der Waals surface area contributed by atoms with Gasteiger partial charge in [0, 0.05) is 23.7 Å². The van der Waals surface area contributed by atoms with Crippen LogP contribution in [0.3, 0.4) is 0 Å². The fourth-order valence-electron chi connectivity index (χ4n) is 2.17. The van der Waals surface area contributed by atoms with Crippen LogP contribution < -0.4 is 0 Å². The van der Waals surface area contributed by atoms with Crippen molar-refractivity contribution in [3.8, 4) is 0 Å². The van der Waals surface area contributed by atoms with E-state index in [1.807, 2.05) is 39.0 Å². The maximum atomic E-state index is 12.4. The molecule has 6 heteroatoms. The monoisotopic (exact) mass is 414 g/mol. The molecule has 0 bridgehead atoms. The number of likely N-dealkylation sites (N-methyl/N-ethyl adjacent to an activating group) is 2. The van der Waals surface area contributed by atoms with E-state index >= 15 is 0 Å². The van der Waals surface area contributed by atoms with Gasteiger partial charge in [-0.1, -0.05) is 53.3 Å². The van der Waals surface area contributed by atoms with Crippen molar-refractivity contribution in [1.29, 1.82) is 0 Å². The second-order valence-electron chi connectivity index (χ2n) is 7.22. The van der Waals surface area contributed by atoms with Crippen molar-refractivity contribution in [2.45, 2.75) is 34.1 Å². The highest BCUT2D eigenvalue weighted by Crippen LogP contribution is 2.31. The van der Waals surface area contributed by atoms with Crippen molar-refractivity contribution >= 4 is 27.6 Å². The Morgan fingerprint density at radius 2 is 1.93 bits per heavy atom. The van der Waals surface area contributed by atoms with Crippen molar-refractivity contribution in [2.75, 3.05) is 52.6 Å². The van der Waals surface area contributed by atoms with E-state index in [4.69, 9.17) is 4.74 Å². The van der Waals surface area contributed by atoms with Crippen molar-refractivity contribution in [3.63, 3.8) is 0 Å². The second kappa shape index (κ2) is 15.3. The Bertz CT molecular complexity index is 489. The molecule has 0 rings (SSSR count). The molecule has 0 atom stereocenters. The number of rotatable bonds is 15. The summed E-state index contributed by atoms with van der Waals surface area (Å²) in [7, 11) is 7.52. The van der Waals surface area contributed by atoms with Crippen LogP contribution in [0.2, 0.25) is 0 Å². The normalized spacial score (nSPS) is 13.0. The van der Waals surface area contributed by atoms with Crippen LogP contribution >= 0.6 is 21.6 Å². The van der Waals surface area contributed by atoms with E-state index in [2.05, 4.69) is 37.4 Å². The van der Waals surface area contributed by atoms with Crippen molar-refractivity contribution in [2.24, 2.45) is 5.41 Å². The van der Waals surface area contributed by atoms with E-state index in [1.54, 1.807) is 27.7 Å². The van der Waals surface area contributed by atoms with E-state index in [-0.39, 0.29) is 5.97 Å². The molecule has 0 aliphatic heterocycles. The molecular weight excluding hydrogens is 376 g/mol. The first-order valence-corrected chi connectivity index (χ1v) is 11.9. The van der Waals surface area contributed by atoms with Gasteiger partial charge in [0.2, 0.25) is 0 Å². The van der Waals surface area contributed by atoms with Crippen LogP contribution in [0, 0.1) is 5.41 Å². The van der Waals surface area contributed by atoms with E-state index in [0.29, 0.717) is 6.61 Å². The van der Waals surface area contributed by atoms with Crippen LogP contribution in [0.1, 0.15) is 34.1 Å². The molecule has 4 nitrogen and oxygen atoms in total. The zero-order valence-electron chi connectivity index (χ0n) is 18.0. The second-order valence-corrected chi connectivity index (χ2v) is 9.71. The molecule has 0 spiro atoms. The lowest BCUT2D eigenvalue weighted by molar-refractivity contribution is -0.153. The maximum Gasteiger partial charge on any atom is 0.311 e. The molecule has 156 valence electrons. The third kappa shape index (κ3) is 13.2. The van der Waals surface area contributed by atoms with Crippen molar-refractivity contribution in [3.05, 3.63) is 35.8 Å². The van der Waals surface area contributed by atoms with Gasteiger partial charge in [0.05, 0.1) is 5.41 Å². The standard InChI is InChI=1S/C21H38N2O2S2/c1-8-11-19(12-9-2)27-26-18-17-25-20(24)21(4,5)13-14-23(10-3)16-15-22(6)7/h8-9,11-12H,1,10,13-18H2,2-7H3/b12-9-,19-11+. The van der Waals surface area contributed by atoms with Crippen LogP contribution in [-0.2, 0) is 9.53 Å². The Hall–Kier alpha value is -0.690. The van der Waals surface area contributed by atoms with Gasteiger partial charge in [-0.3, -0.25) is 4.79 Å². The molecule has 27 heavy (non-hydrogen) atoms. The molecule has 0 unspecified atom stereocenters. The van der Waals surface area contributed by atoms with Crippen molar-refractivity contribution < 1.29 is 9.53 Å². The maximum absolute atomic E-state index is 12.4. The largest absolute Gasteiger partial charge is 0.464 e. The van der Waals surface area contributed by atoms with E-state index in [1.165, 1.54) is 0 Å². The lowest BCUT2D eigenvalue weighted by atomic mass is 9.89. The van der Waals surface area contributed by atoms with Crippen LogP contribution in [0.25, 0.3) is 0 Å². The molecule has 0 aromatic heterocycles. The van der Waals surface area contributed by atoms with Gasteiger partial charge in [-0.05, 0) is 60.5 Å². The molecule has 0 heterocycles. The molecule has 0 saturated carbocycles. The number of esters is 1. The fraction of sp³-hybridized carbons (Fsp3) is 0.667. The van der Waals surface area contributed by atoms with Crippen LogP contribution in [0.15, 0.2) is 35.8 Å². The molecular formula is C21H38N2O2S2. The molecule has 0 aliphatic rings. The summed E-state index contributed by atoms with van der Waals surface area (Å²) >= 11 is 0. The van der Waals surface area contributed by atoms with Gasteiger partial charge in [-0.2, -0.15) is 0 Å². The van der Waals surface area contributed by atoms with Gasteiger partial charge in [-0.15, -0.1) is 0 Å². The topological polar surface area (TPSA) is 32.8 Å². The highest BCUT2D eigenvalue weighted by atomic mass is 33.1. The summed E-state index contributed by atoms with van der Waals surface area (Å²) in [5.41, 5.74) is -0.456. The molecule has 0 radical (unpaired) electrons. The number of carbonyl (C=O) groups is 1. The quantitative estimate of drug-likeness (QED) is 0.165. The Balaban J connectivity index is 4.20. The molecule has 0 amide bonds. The summed E-state index contributed by atoms with van der Waals surface area (Å²) in [5.74, 6) is 0.662. The van der Waals surface area contributed by atoms with E-state index in [9.17, 15) is 4.79 Å². The smallest absolute Gasteiger partial charge is 0.311 e. The molecule has 0 fully saturated rings. The Morgan fingerprint density at radius 3 is 2.48 bits per heavy atom. The minimum Gasteiger partial charge on any atom is -0.464 e. The molecule has 0 aliphatic carbocycles. The Labute approximate surface area is 174 Å². The first-order chi connectivity index (χ1) is 12.8. The zero-order chi connectivity index (χ0) is 20.7. The van der Waals surface area contributed by atoms with Gasteiger partial charge >= 0.3 is 5.97 Å². The summed E-state index contributed by atoms with van der Waals surface area (Å²) in [6.45, 7) is 16.2. The highest BCUT2D eigenvalue weighted by Gasteiger charge is 2.29. The third-order valence-electron chi connectivity index (χ3n) is 4.08. The molecule has 0 aromatic rings. The number of allylic oxidation sites excluding steroid dienone is 4. The summed E-state index contributed by atoms with van der Waals surface area (Å²) in [6, 6.07) is 0. The number of carbonyl (C=O) groups excluding carboxylic acids is 1. The van der Waals surface area contributed by atoms with Gasteiger partial charge in [0.25, 0.3) is 0 Å². The zero-order valence-corrected chi connectivity index (χ0v) is 19.6. The first kappa shape index (κ1) is 26.3. The minimum atomic E-state index is -0.456. The Kier molecular flexibility index (Phi) is 14.9. The predicted molar refractivity (Wildman–Crippen MR) is 123 cm³/mol. The summed E-state index contributed by atoms with van der Waals surface area (Å²) in [6.07, 6.45) is 8.61. The molecule has 0 saturated heterocycles. The summed E-state index contributed by atoms with van der Waals surface area (Å²) in [5, 5.41) is 0. The lowest BCUT2D eigenvalue weighted by Gasteiger charge is -2.28. The predicted octanol–water partition coefficient (Wildman–Crippen LogP) is 4.86. The SMILES string of the molecule is C=C/C=C(\C=C/C)SSCCOC(=O)C(C)(C)CCN(CC)CCN(C)C. The van der Waals surface area contributed by atoms with Gasteiger partial charge in [0.1, 0.15) is 6.61 Å². The van der Waals surface area contributed by atoms with Crippen molar-refractivity contribution in [1.82, 2.24) is 9.80 Å². The fourth-order valence-corrected chi connectivity index (χ4v) is 4.08. The Morgan fingerprint density at radius 1 is 1.22 bits per heavy atom. The van der Waals surface area contributed by atoms with E-state index in [0.717, 1.165) is 43.3 Å². The lowest BCUT2D eigenvalue weighted by Crippen LogP contribution is -2.36. The third-order valence-corrected chi connectivity index (χ3v) is 6.43. The minimum absolute atomic E-state index is 0.105. The number of nitrogens with zero attached hydrogens (tertiary/aromatic N) is 2. The van der Waals surface area contributed by atoms with Crippen LogP contribution in [0.4, 0.5) is 0 Å². The number of hydrogen-bond acceptors (Lipinski definition) is 6. The number of ether oxygens (including phenoxy) is 1. The van der Waals surface area contributed by atoms with E-state index < -0.39 is 5.41 Å². The average molecular weight is 415 g/mol. The van der Waals surface area contributed by atoms with Gasteiger partial charge < -0.3 is 14.5 Å². The van der Waals surface area contributed by atoms with Gasteiger partial charge in [-0.25, -0.2) is 0 Å². The molecule has 0 N–H and O–H groups in total. The first-order valence-electron chi connectivity index (χ1n) is 9.56. The summed E-state index contributed by atoms with van der Waals surface area (Å²) < 4.78 is 5.52. The number of hydrogen-bond donors (Lipinski definition) is 0. The molecule has 0 aromatic carbocycles.